The van der Waals surface area contributed by atoms with E-state index in [1.54, 1.807) is 26.4 Å². The van der Waals surface area contributed by atoms with Crippen molar-refractivity contribution in [3.05, 3.63) is 23.9 Å². The number of rotatable bonds is 2. The number of methoxy groups -OCH3 is 1. The fourth-order valence-corrected chi connectivity index (χ4v) is 1.62. The first-order valence-electron chi connectivity index (χ1n) is 4.37. The van der Waals surface area contributed by atoms with Crippen molar-refractivity contribution in [1.82, 2.24) is 9.78 Å². The maximum Gasteiger partial charge on any atom is 0.337 e. The predicted octanol–water partition coefficient (Wildman–Crippen LogP) is 1.28. The number of nitrogens with zero attached hydrogens (tertiary/aromatic N) is 2. The fourth-order valence-electron chi connectivity index (χ4n) is 1.62. The molecule has 15 heavy (non-hydrogen) atoms. The number of aromatic nitrogens is 2. The number of fused-ring (bicyclic) bond motifs is 1. The van der Waals surface area contributed by atoms with Crippen molar-refractivity contribution in [2.24, 2.45) is 7.05 Å². The second kappa shape index (κ2) is 3.27. The zero-order valence-electron chi connectivity index (χ0n) is 8.39. The molecule has 0 atom stereocenters. The molecule has 0 saturated heterocycles. The number of carbonyl (C=O) groups is 1. The van der Waals surface area contributed by atoms with Gasteiger partial charge in [-0.3, -0.25) is 4.68 Å². The number of hydrogen-bond donors (Lipinski definition) is 1. The van der Waals surface area contributed by atoms with E-state index in [0.29, 0.717) is 16.7 Å². The topological polar surface area (TPSA) is 64.3 Å². The van der Waals surface area contributed by atoms with Crippen molar-refractivity contribution in [3.63, 3.8) is 0 Å². The smallest absolute Gasteiger partial charge is 0.337 e. The highest BCUT2D eigenvalue weighted by Gasteiger charge is 2.15. The number of aromatic carboxylic acids is 1. The Labute approximate surface area is 85.9 Å². The van der Waals surface area contributed by atoms with Crippen molar-refractivity contribution >= 4 is 16.9 Å². The number of benzene rings is 1. The van der Waals surface area contributed by atoms with Crippen LogP contribution in [0.1, 0.15) is 10.4 Å². The van der Waals surface area contributed by atoms with Crippen LogP contribution >= 0.6 is 0 Å². The highest BCUT2D eigenvalue weighted by Crippen LogP contribution is 2.27. The Balaban J connectivity index is 2.86. The molecular formula is C10H10N2O3. The molecular weight excluding hydrogens is 196 g/mol. The van der Waals surface area contributed by atoms with Gasteiger partial charge >= 0.3 is 5.97 Å². The first-order valence-corrected chi connectivity index (χ1v) is 4.37. The van der Waals surface area contributed by atoms with Crippen LogP contribution < -0.4 is 4.74 Å². The Morgan fingerprint density at radius 1 is 1.53 bits per heavy atom. The fraction of sp³-hybridized carbons (Fsp3) is 0.200. The summed E-state index contributed by atoms with van der Waals surface area (Å²) in [6, 6.07) is 3.15. The molecule has 78 valence electrons. The van der Waals surface area contributed by atoms with Crippen LogP contribution in [0.5, 0.6) is 5.75 Å². The Hall–Kier alpha value is -2.04. The van der Waals surface area contributed by atoms with E-state index in [0.717, 1.165) is 0 Å². The summed E-state index contributed by atoms with van der Waals surface area (Å²) in [6.45, 7) is 0. The summed E-state index contributed by atoms with van der Waals surface area (Å²) in [4.78, 5) is 11.0. The molecule has 1 heterocycles. The maximum atomic E-state index is 11.0. The molecule has 5 heteroatoms. The molecule has 0 amide bonds. The second-order valence-electron chi connectivity index (χ2n) is 3.15. The van der Waals surface area contributed by atoms with Crippen LogP contribution in [0.4, 0.5) is 0 Å². The van der Waals surface area contributed by atoms with Gasteiger partial charge in [-0.1, -0.05) is 0 Å². The number of hydrogen-bond acceptors (Lipinski definition) is 3. The number of carboxylic acid groups (broad SMARTS) is 1. The van der Waals surface area contributed by atoms with Gasteiger partial charge in [0.1, 0.15) is 5.75 Å². The monoisotopic (exact) mass is 206 g/mol. The van der Waals surface area contributed by atoms with E-state index in [4.69, 9.17) is 9.84 Å². The lowest BCUT2D eigenvalue weighted by molar-refractivity contribution is 0.0698. The summed E-state index contributed by atoms with van der Waals surface area (Å²) in [5.41, 5.74) is 0.799. The normalized spacial score (nSPS) is 10.5. The van der Waals surface area contributed by atoms with Crippen LogP contribution in [0.2, 0.25) is 0 Å². The zero-order valence-corrected chi connectivity index (χ0v) is 8.39. The summed E-state index contributed by atoms with van der Waals surface area (Å²) >= 11 is 0. The van der Waals surface area contributed by atoms with Gasteiger partial charge in [-0.2, -0.15) is 5.10 Å². The predicted molar refractivity (Wildman–Crippen MR) is 54.2 cm³/mol. The third kappa shape index (κ3) is 1.32. The SMILES string of the molecule is COc1ccc(C(=O)O)c2c1cnn2C. The third-order valence-corrected chi connectivity index (χ3v) is 2.31. The molecule has 1 aromatic heterocycles. The van der Waals surface area contributed by atoms with Gasteiger partial charge in [0.05, 0.1) is 29.8 Å². The Morgan fingerprint density at radius 2 is 2.27 bits per heavy atom. The van der Waals surface area contributed by atoms with Crippen molar-refractivity contribution in [2.75, 3.05) is 7.11 Å². The summed E-state index contributed by atoms with van der Waals surface area (Å²) in [5, 5.41) is 13.7. The molecule has 2 rings (SSSR count). The molecule has 0 unspecified atom stereocenters. The first kappa shape index (κ1) is 9.51. The van der Waals surface area contributed by atoms with E-state index in [-0.39, 0.29) is 5.56 Å². The highest BCUT2D eigenvalue weighted by atomic mass is 16.5. The molecule has 0 radical (unpaired) electrons. The van der Waals surface area contributed by atoms with Gasteiger partial charge in [0, 0.05) is 7.05 Å². The van der Waals surface area contributed by atoms with E-state index < -0.39 is 5.97 Å². The van der Waals surface area contributed by atoms with E-state index in [1.165, 1.54) is 10.7 Å². The third-order valence-electron chi connectivity index (χ3n) is 2.31. The van der Waals surface area contributed by atoms with Crippen LogP contribution in [-0.4, -0.2) is 28.0 Å². The highest BCUT2D eigenvalue weighted by molar-refractivity contribution is 6.03. The summed E-state index contributed by atoms with van der Waals surface area (Å²) in [5.74, 6) is -0.339. The molecule has 1 N–H and O–H groups in total. The Morgan fingerprint density at radius 3 is 2.87 bits per heavy atom. The molecule has 0 bridgehead atoms. The van der Waals surface area contributed by atoms with Gasteiger partial charge in [-0.05, 0) is 12.1 Å². The molecule has 0 spiro atoms. The average Bonchev–Trinajstić information content (AvgIpc) is 2.60. The first-order chi connectivity index (χ1) is 7.15. The number of ether oxygens (including phenoxy) is 1. The standard InChI is InChI=1S/C10H10N2O3/c1-12-9-6(10(13)14)3-4-8(15-2)7(9)5-11-12/h3-5H,1-2H3,(H,13,14). The van der Waals surface area contributed by atoms with Crippen LogP contribution in [0.15, 0.2) is 18.3 Å². The van der Waals surface area contributed by atoms with E-state index in [9.17, 15) is 4.79 Å². The molecule has 0 fully saturated rings. The van der Waals surface area contributed by atoms with Gasteiger partial charge < -0.3 is 9.84 Å². The molecule has 0 aliphatic rings. The van der Waals surface area contributed by atoms with Crippen molar-refractivity contribution in [3.8, 4) is 5.75 Å². The largest absolute Gasteiger partial charge is 0.496 e. The Bertz CT molecular complexity index is 531. The second-order valence-corrected chi connectivity index (χ2v) is 3.15. The van der Waals surface area contributed by atoms with Crippen molar-refractivity contribution in [2.45, 2.75) is 0 Å². The van der Waals surface area contributed by atoms with E-state index >= 15 is 0 Å². The van der Waals surface area contributed by atoms with Crippen molar-refractivity contribution < 1.29 is 14.6 Å². The van der Waals surface area contributed by atoms with Gasteiger partial charge in [-0.15, -0.1) is 0 Å². The average molecular weight is 206 g/mol. The number of carboxylic acids is 1. The minimum absolute atomic E-state index is 0.228. The maximum absolute atomic E-state index is 11.0. The Kier molecular flexibility index (Phi) is 2.07. The minimum Gasteiger partial charge on any atom is -0.496 e. The molecule has 5 nitrogen and oxygen atoms in total. The van der Waals surface area contributed by atoms with Crippen LogP contribution in [0, 0.1) is 0 Å². The number of aryl methyl sites for hydroxylation is 1. The molecule has 0 aliphatic carbocycles. The van der Waals surface area contributed by atoms with Gasteiger partial charge in [0.15, 0.2) is 0 Å². The van der Waals surface area contributed by atoms with Gasteiger partial charge in [0.25, 0.3) is 0 Å². The molecule has 0 aliphatic heterocycles. The van der Waals surface area contributed by atoms with Crippen LogP contribution in [0.25, 0.3) is 10.9 Å². The van der Waals surface area contributed by atoms with E-state index in [1.807, 2.05) is 0 Å². The zero-order chi connectivity index (χ0) is 11.0. The van der Waals surface area contributed by atoms with Crippen LogP contribution in [0.3, 0.4) is 0 Å². The molecule has 0 saturated carbocycles. The summed E-state index contributed by atoms with van der Waals surface area (Å²) < 4.78 is 6.66. The lowest BCUT2D eigenvalue weighted by atomic mass is 10.1. The summed E-state index contributed by atoms with van der Waals surface area (Å²) in [7, 11) is 3.25. The van der Waals surface area contributed by atoms with Crippen LogP contribution in [-0.2, 0) is 7.05 Å². The lowest BCUT2D eigenvalue weighted by Crippen LogP contribution is -2.01. The van der Waals surface area contributed by atoms with Crippen molar-refractivity contribution in [1.29, 1.82) is 0 Å². The quantitative estimate of drug-likeness (QED) is 0.803. The lowest BCUT2D eigenvalue weighted by Gasteiger charge is -2.04. The minimum atomic E-state index is -0.966. The van der Waals surface area contributed by atoms with Gasteiger partial charge in [0.2, 0.25) is 0 Å². The molecule has 2 aromatic rings. The van der Waals surface area contributed by atoms with E-state index in [2.05, 4.69) is 5.10 Å². The summed E-state index contributed by atoms with van der Waals surface area (Å²) in [6.07, 6.45) is 1.60. The van der Waals surface area contributed by atoms with Gasteiger partial charge in [-0.25, -0.2) is 4.79 Å². The molecule has 1 aromatic carbocycles.